The normalized spacial score (nSPS) is 10.8. The van der Waals surface area contributed by atoms with Gasteiger partial charge in [-0.2, -0.15) is 5.10 Å². The first-order valence-electron chi connectivity index (χ1n) is 2.79. The van der Waals surface area contributed by atoms with Crippen molar-refractivity contribution in [3.63, 3.8) is 0 Å². The van der Waals surface area contributed by atoms with Crippen LogP contribution >= 0.6 is 0 Å². The Labute approximate surface area is 53.6 Å². The molecule has 0 aliphatic carbocycles. The molecule has 1 heterocycles. The maximum absolute atomic E-state index is 5.23. The maximum atomic E-state index is 5.23. The van der Waals surface area contributed by atoms with Gasteiger partial charge in [0.25, 0.3) is 0 Å². The number of hydrogen-bond acceptors (Lipinski definition) is 2. The zero-order chi connectivity index (χ0) is 6.53. The first-order valence-corrected chi connectivity index (χ1v) is 2.79. The Kier molecular flexibility index (Phi) is 2.04. The lowest BCUT2D eigenvalue weighted by atomic mass is 10.3. The molecule has 3 nitrogen and oxygen atoms in total. The number of nitrogens with zero attached hydrogens (tertiary/aromatic N) is 1. The third-order valence-electron chi connectivity index (χ3n) is 0.966. The minimum absolute atomic E-state index is 0.575. The van der Waals surface area contributed by atoms with Crippen LogP contribution in [-0.4, -0.2) is 16.7 Å². The van der Waals surface area contributed by atoms with Crippen molar-refractivity contribution in [2.24, 2.45) is 5.73 Å². The largest absolute Gasteiger partial charge is 0.327 e. The van der Waals surface area contributed by atoms with Crippen molar-refractivity contribution in [3.05, 3.63) is 24.0 Å². The average molecular weight is 123 g/mol. The van der Waals surface area contributed by atoms with Crippen molar-refractivity contribution in [2.75, 3.05) is 6.54 Å². The standard InChI is InChI=1S/C6H9N3/c7-3-1-2-6-4-8-9-5-6/h1-2,4-5H,3,7H2,(H,8,9). The molecule has 0 atom stereocenters. The molecule has 0 amide bonds. The molecule has 0 radical (unpaired) electrons. The highest BCUT2D eigenvalue weighted by molar-refractivity contribution is 5.46. The zero-order valence-corrected chi connectivity index (χ0v) is 5.04. The molecule has 1 aromatic heterocycles. The summed E-state index contributed by atoms with van der Waals surface area (Å²) in [5.41, 5.74) is 6.28. The first-order chi connectivity index (χ1) is 4.43. The summed E-state index contributed by atoms with van der Waals surface area (Å²) in [5.74, 6) is 0. The smallest absolute Gasteiger partial charge is 0.0559 e. The number of aromatic amines is 1. The molecule has 1 rings (SSSR count). The molecule has 48 valence electrons. The molecular formula is C6H9N3. The molecule has 0 aromatic carbocycles. The second-order valence-corrected chi connectivity index (χ2v) is 1.67. The third kappa shape index (κ3) is 1.70. The molecule has 0 fully saturated rings. The van der Waals surface area contributed by atoms with E-state index in [0.29, 0.717) is 6.54 Å². The Morgan fingerprint density at radius 1 is 1.78 bits per heavy atom. The maximum Gasteiger partial charge on any atom is 0.0559 e. The monoisotopic (exact) mass is 123 g/mol. The van der Waals surface area contributed by atoms with Crippen LogP contribution in [0.2, 0.25) is 0 Å². The molecule has 0 unspecified atom stereocenters. The predicted molar refractivity (Wildman–Crippen MR) is 36.7 cm³/mol. The van der Waals surface area contributed by atoms with E-state index in [1.54, 1.807) is 6.20 Å². The van der Waals surface area contributed by atoms with Crippen LogP contribution in [-0.2, 0) is 0 Å². The van der Waals surface area contributed by atoms with Gasteiger partial charge in [-0.1, -0.05) is 12.2 Å². The third-order valence-corrected chi connectivity index (χ3v) is 0.966. The van der Waals surface area contributed by atoms with Gasteiger partial charge in [0.15, 0.2) is 0 Å². The van der Waals surface area contributed by atoms with Crippen molar-refractivity contribution in [1.82, 2.24) is 10.2 Å². The van der Waals surface area contributed by atoms with Crippen LogP contribution in [0.4, 0.5) is 0 Å². The minimum Gasteiger partial charge on any atom is -0.327 e. The topological polar surface area (TPSA) is 54.7 Å². The van der Waals surface area contributed by atoms with Gasteiger partial charge in [-0.3, -0.25) is 5.10 Å². The zero-order valence-electron chi connectivity index (χ0n) is 5.04. The lowest BCUT2D eigenvalue weighted by Gasteiger charge is -1.77. The summed E-state index contributed by atoms with van der Waals surface area (Å²) < 4.78 is 0. The van der Waals surface area contributed by atoms with E-state index in [1.165, 1.54) is 0 Å². The minimum atomic E-state index is 0.575. The summed E-state index contributed by atoms with van der Waals surface area (Å²) in [6, 6.07) is 0. The van der Waals surface area contributed by atoms with Crippen LogP contribution < -0.4 is 5.73 Å². The first kappa shape index (κ1) is 6.04. The Hall–Kier alpha value is -1.09. The SMILES string of the molecule is NCC=Cc1cn[nH]c1. The summed E-state index contributed by atoms with van der Waals surface area (Å²) in [7, 11) is 0. The quantitative estimate of drug-likeness (QED) is 0.597. The van der Waals surface area contributed by atoms with E-state index in [0.717, 1.165) is 5.56 Å². The number of aromatic nitrogens is 2. The molecule has 3 N–H and O–H groups in total. The lowest BCUT2D eigenvalue weighted by molar-refractivity contribution is 1.09. The van der Waals surface area contributed by atoms with Crippen LogP contribution in [0.1, 0.15) is 5.56 Å². The van der Waals surface area contributed by atoms with E-state index >= 15 is 0 Å². The fraction of sp³-hybridized carbons (Fsp3) is 0.167. The number of nitrogens with two attached hydrogens (primary N) is 1. The molecule has 0 spiro atoms. The average Bonchev–Trinajstić information content (AvgIpc) is 2.34. The van der Waals surface area contributed by atoms with E-state index in [2.05, 4.69) is 10.2 Å². The van der Waals surface area contributed by atoms with E-state index in [4.69, 9.17) is 5.73 Å². The highest BCUT2D eigenvalue weighted by Gasteiger charge is 1.81. The molecule has 9 heavy (non-hydrogen) atoms. The number of nitrogens with one attached hydrogen (secondary N) is 1. The van der Waals surface area contributed by atoms with Crippen molar-refractivity contribution in [1.29, 1.82) is 0 Å². The van der Waals surface area contributed by atoms with Gasteiger partial charge in [0, 0.05) is 18.3 Å². The van der Waals surface area contributed by atoms with Crippen LogP contribution in [0.15, 0.2) is 18.5 Å². The summed E-state index contributed by atoms with van der Waals surface area (Å²) in [6.45, 7) is 0.575. The van der Waals surface area contributed by atoms with E-state index in [-0.39, 0.29) is 0 Å². The Morgan fingerprint density at radius 2 is 2.67 bits per heavy atom. The lowest BCUT2D eigenvalue weighted by Crippen LogP contribution is -1.91. The molecule has 0 saturated heterocycles. The van der Waals surface area contributed by atoms with E-state index in [9.17, 15) is 0 Å². The molecule has 0 saturated carbocycles. The van der Waals surface area contributed by atoms with Gasteiger partial charge in [-0.05, 0) is 0 Å². The van der Waals surface area contributed by atoms with Crippen molar-refractivity contribution in [3.8, 4) is 0 Å². The van der Waals surface area contributed by atoms with Gasteiger partial charge in [0.2, 0.25) is 0 Å². The summed E-state index contributed by atoms with van der Waals surface area (Å²) in [6.07, 6.45) is 7.35. The summed E-state index contributed by atoms with van der Waals surface area (Å²) in [4.78, 5) is 0. The van der Waals surface area contributed by atoms with Crippen molar-refractivity contribution >= 4 is 6.08 Å². The molecule has 0 aliphatic rings. The van der Waals surface area contributed by atoms with E-state index < -0.39 is 0 Å². The fourth-order valence-corrected chi connectivity index (χ4v) is 0.556. The van der Waals surface area contributed by atoms with Crippen LogP contribution in [0.5, 0.6) is 0 Å². The molecule has 0 aliphatic heterocycles. The highest BCUT2D eigenvalue weighted by Crippen LogP contribution is 1.94. The summed E-state index contributed by atoms with van der Waals surface area (Å²) in [5, 5.41) is 6.45. The van der Waals surface area contributed by atoms with Crippen LogP contribution in [0, 0.1) is 0 Å². The van der Waals surface area contributed by atoms with Gasteiger partial charge < -0.3 is 5.73 Å². The summed E-state index contributed by atoms with van der Waals surface area (Å²) >= 11 is 0. The van der Waals surface area contributed by atoms with Gasteiger partial charge in [-0.15, -0.1) is 0 Å². The predicted octanol–water partition coefficient (Wildman–Crippen LogP) is 0.382. The van der Waals surface area contributed by atoms with Crippen molar-refractivity contribution in [2.45, 2.75) is 0 Å². The number of rotatable bonds is 2. The second kappa shape index (κ2) is 3.04. The van der Waals surface area contributed by atoms with Crippen LogP contribution in [0.3, 0.4) is 0 Å². The Balaban J connectivity index is 2.57. The van der Waals surface area contributed by atoms with Gasteiger partial charge in [-0.25, -0.2) is 0 Å². The van der Waals surface area contributed by atoms with Crippen LogP contribution in [0.25, 0.3) is 6.08 Å². The fourth-order valence-electron chi connectivity index (χ4n) is 0.556. The van der Waals surface area contributed by atoms with Crippen molar-refractivity contribution < 1.29 is 0 Å². The molecular weight excluding hydrogens is 114 g/mol. The van der Waals surface area contributed by atoms with Gasteiger partial charge in [0.1, 0.15) is 0 Å². The second-order valence-electron chi connectivity index (χ2n) is 1.67. The Morgan fingerprint density at radius 3 is 3.22 bits per heavy atom. The van der Waals surface area contributed by atoms with E-state index in [1.807, 2.05) is 18.3 Å². The molecule has 0 bridgehead atoms. The van der Waals surface area contributed by atoms with Gasteiger partial charge in [0.05, 0.1) is 6.20 Å². The molecule has 3 heteroatoms. The van der Waals surface area contributed by atoms with Gasteiger partial charge >= 0.3 is 0 Å². The molecule has 1 aromatic rings. The number of H-pyrrole nitrogens is 1. The Bertz CT molecular complexity index is 176. The highest BCUT2D eigenvalue weighted by atomic mass is 15.1. The number of hydrogen-bond donors (Lipinski definition) is 2.